The van der Waals surface area contributed by atoms with Crippen molar-refractivity contribution in [1.82, 2.24) is 5.32 Å². The fourth-order valence-corrected chi connectivity index (χ4v) is 4.66. The van der Waals surface area contributed by atoms with Gasteiger partial charge in [-0.25, -0.2) is 4.39 Å². The van der Waals surface area contributed by atoms with E-state index in [2.05, 4.69) is 33.3 Å². The zero-order valence-corrected chi connectivity index (χ0v) is 16.6. The molecule has 6 heteroatoms. The minimum atomic E-state index is -0.237. The van der Waals surface area contributed by atoms with Crippen LogP contribution in [0.3, 0.4) is 0 Å². The summed E-state index contributed by atoms with van der Waals surface area (Å²) < 4.78 is 18.7. The quantitative estimate of drug-likeness (QED) is 0.721. The Morgan fingerprint density at radius 1 is 1.07 bits per heavy atom. The average molecular weight is 405 g/mol. The fraction of sp³-hybridized carbons (Fsp3) is 0.292. The van der Waals surface area contributed by atoms with Gasteiger partial charge in [-0.3, -0.25) is 4.79 Å². The van der Waals surface area contributed by atoms with Gasteiger partial charge in [-0.2, -0.15) is 0 Å². The number of anilines is 2. The van der Waals surface area contributed by atoms with Crippen LogP contribution in [0.25, 0.3) is 0 Å². The van der Waals surface area contributed by atoms with E-state index in [-0.39, 0.29) is 23.7 Å². The van der Waals surface area contributed by atoms with Crippen molar-refractivity contribution >= 4 is 17.3 Å². The van der Waals surface area contributed by atoms with Gasteiger partial charge in [0.15, 0.2) is 0 Å². The number of para-hydroxylation sites is 1. The van der Waals surface area contributed by atoms with E-state index in [4.69, 9.17) is 4.42 Å². The van der Waals surface area contributed by atoms with Gasteiger partial charge in [-0.15, -0.1) is 0 Å². The third kappa shape index (κ3) is 3.54. The second-order valence-corrected chi connectivity index (χ2v) is 7.92. The van der Waals surface area contributed by atoms with Crippen molar-refractivity contribution in [3.8, 4) is 0 Å². The molecule has 1 fully saturated rings. The van der Waals surface area contributed by atoms with Crippen molar-refractivity contribution < 1.29 is 13.6 Å². The number of carbonyl (C=O) groups excluding carboxylic acids is 1. The van der Waals surface area contributed by atoms with Crippen molar-refractivity contribution in [2.45, 2.75) is 19.0 Å². The van der Waals surface area contributed by atoms with Crippen LogP contribution < -0.4 is 15.1 Å². The summed E-state index contributed by atoms with van der Waals surface area (Å²) in [5.74, 6) is 0.377. The van der Waals surface area contributed by atoms with Crippen molar-refractivity contribution in [3.05, 3.63) is 84.1 Å². The first-order chi connectivity index (χ1) is 14.7. The molecule has 0 unspecified atom stereocenters. The zero-order chi connectivity index (χ0) is 20.5. The molecule has 0 saturated carbocycles. The first kappa shape index (κ1) is 18.7. The predicted molar refractivity (Wildman–Crippen MR) is 114 cm³/mol. The van der Waals surface area contributed by atoms with Crippen LogP contribution in [-0.2, 0) is 17.8 Å². The second-order valence-electron chi connectivity index (χ2n) is 7.92. The van der Waals surface area contributed by atoms with Crippen LogP contribution in [-0.4, -0.2) is 31.6 Å². The lowest BCUT2D eigenvalue weighted by molar-refractivity contribution is -0.126. The van der Waals surface area contributed by atoms with Crippen molar-refractivity contribution in [3.63, 3.8) is 0 Å². The van der Waals surface area contributed by atoms with Crippen molar-refractivity contribution in [2.75, 3.05) is 29.4 Å². The van der Waals surface area contributed by atoms with Crippen LogP contribution in [0, 0.1) is 11.7 Å². The third-order valence-electron chi connectivity index (χ3n) is 6.17. The van der Waals surface area contributed by atoms with Gasteiger partial charge in [0, 0.05) is 31.0 Å². The first-order valence-electron chi connectivity index (χ1n) is 10.3. The number of carbonyl (C=O) groups is 1. The van der Waals surface area contributed by atoms with E-state index in [0.29, 0.717) is 13.0 Å². The summed E-state index contributed by atoms with van der Waals surface area (Å²) in [6.07, 6.45) is 2.32. The minimum Gasteiger partial charge on any atom is -0.467 e. The van der Waals surface area contributed by atoms with Gasteiger partial charge in [0.1, 0.15) is 11.6 Å². The highest BCUT2D eigenvalue weighted by Gasteiger charge is 2.41. The lowest BCUT2D eigenvalue weighted by atomic mass is 9.83. The van der Waals surface area contributed by atoms with Crippen LogP contribution >= 0.6 is 0 Å². The minimum absolute atomic E-state index is 0.0388. The van der Waals surface area contributed by atoms with Crippen LogP contribution in [0.15, 0.2) is 71.3 Å². The number of fused-ring (bicyclic) bond motifs is 3. The second kappa shape index (κ2) is 7.86. The summed E-state index contributed by atoms with van der Waals surface area (Å²) in [6.45, 7) is 2.76. The smallest absolute Gasteiger partial charge is 0.225 e. The maximum Gasteiger partial charge on any atom is 0.225 e. The van der Waals surface area contributed by atoms with E-state index >= 15 is 0 Å². The molecule has 2 aliphatic rings. The molecule has 30 heavy (non-hydrogen) atoms. The zero-order valence-electron chi connectivity index (χ0n) is 16.6. The van der Waals surface area contributed by atoms with Gasteiger partial charge in [0.25, 0.3) is 0 Å². The number of furan rings is 1. The first-order valence-corrected chi connectivity index (χ1v) is 10.3. The molecule has 154 valence electrons. The Hall–Kier alpha value is -3.28. The Balaban J connectivity index is 1.40. The topological polar surface area (TPSA) is 48.7 Å². The standard InChI is InChI=1S/C24H24FN3O2/c25-18-7-9-19(10-8-18)27-11-12-28-22-6-2-1-4-17(22)14-21(23(28)16-27)24(29)26-15-20-5-3-13-30-20/h1-10,13,21,23H,11-12,14-16H2,(H,26,29)/t21-,23-/m1/s1. The summed E-state index contributed by atoms with van der Waals surface area (Å²) in [4.78, 5) is 17.8. The third-order valence-corrected chi connectivity index (χ3v) is 6.17. The molecule has 1 N–H and O–H groups in total. The molecule has 2 aromatic carbocycles. The van der Waals surface area contributed by atoms with Gasteiger partial charge in [-0.1, -0.05) is 18.2 Å². The van der Waals surface area contributed by atoms with Gasteiger partial charge >= 0.3 is 0 Å². The number of benzene rings is 2. The van der Waals surface area contributed by atoms with Crippen LogP contribution in [0.4, 0.5) is 15.8 Å². The van der Waals surface area contributed by atoms with E-state index in [1.165, 1.54) is 23.4 Å². The molecule has 5 rings (SSSR count). The van der Waals surface area contributed by atoms with E-state index < -0.39 is 0 Å². The highest BCUT2D eigenvalue weighted by atomic mass is 19.1. The molecule has 1 aromatic heterocycles. The number of amides is 1. The van der Waals surface area contributed by atoms with Crippen LogP contribution in [0.5, 0.6) is 0 Å². The number of rotatable bonds is 4. The Bertz CT molecular complexity index is 1020. The Morgan fingerprint density at radius 2 is 1.90 bits per heavy atom. The molecule has 0 aliphatic carbocycles. The summed E-state index contributed by atoms with van der Waals surface area (Å²) >= 11 is 0. The van der Waals surface area contributed by atoms with Gasteiger partial charge in [0.2, 0.25) is 5.91 Å². The van der Waals surface area contributed by atoms with E-state index in [1.54, 1.807) is 6.26 Å². The van der Waals surface area contributed by atoms with E-state index in [1.807, 2.05) is 30.3 Å². The highest BCUT2D eigenvalue weighted by Crippen LogP contribution is 2.37. The molecule has 1 amide bonds. The largest absolute Gasteiger partial charge is 0.467 e. The van der Waals surface area contributed by atoms with Gasteiger partial charge in [0.05, 0.1) is 24.8 Å². The van der Waals surface area contributed by atoms with Gasteiger partial charge < -0.3 is 19.5 Å². The highest BCUT2D eigenvalue weighted by molar-refractivity contribution is 5.82. The lowest BCUT2D eigenvalue weighted by Crippen LogP contribution is -2.61. The summed E-state index contributed by atoms with van der Waals surface area (Å²) in [7, 11) is 0. The van der Waals surface area contributed by atoms with Crippen LogP contribution in [0.1, 0.15) is 11.3 Å². The molecular formula is C24H24FN3O2. The molecule has 0 bridgehead atoms. The lowest BCUT2D eigenvalue weighted by Gasteiger charge is -2.49. The molecule has 1 saturated heterocycles. The Kier molecular flexibility index (Phi) is 4.91. The van der Waals surface area contributed by atoms with Crippen molar-refractivity contribution in [1.29, 1.82) is 0 Å². The molecule has 5 nitrogen and oxygen atoms in total. The van der Waals surface area contributed by atoms with Crippen molar-refractivity contribution in [2.24, 2.45) is 5.92 Å². The summed E-state index contributed by atoms with van der Waals surface area (Å²) in [5, 5.41) is 3.05. The monoisotopic (exact) mass is 405 g/mol. The number of hydrogen-bond donors (Lipinski definition) is 1. The van der Waals surface area contributed by atoms with E-state index in [9.17, 15) is 9.18 Å². The van der Waals surface area contributed by atoms with E-state index in [0.717, 1.165) is 31.1 Å². The Labute approximate surface area is 175 Å². The van der Waals surface area contributed by atoms with Gasteiger partial charge in [-0.05, 0) is 54.4 Å². The molecule has 0 spiro atoms. The number of halogens is 1. The maximum absolute atomic E-state index is 13.4. The number of nitrogens with one attached hydrogen (secondary N) is 1. The summed E-state index contributed by atoms with van der Waals surface area (Å²) in [5.41, 5.74) is 3.42. The molecule has 2 atom stereocenters. The molecule has 2 aliphatic heterocycles. The molecule has 3 aromatic rings. The normalized spacial score (nSPS) is 20.4. The fourth-order valence-electron chi connectivity index (χ4n) is 4.66. The summed E-state index contributed by atoms with van der Waals surface area (Å²) in [6, 6.07) is 18.7. The molecule has 3 heterocycles. The predicted octanol–water partition coefficient (Wildman–Crippen LogP) is 3.60. The molecular weight excluding hydrogens is 381 g/mol. The average Bonchev–Trinajstić information content (AvgIpc) is 3.31. The Morgan fingerprint density at radius 3 is 2.70 bits per heavy atom. The number of piperazine rings is 1. The number of nitrogens with zero attached hydrogens (tertiary/aromatic N) is 2. The SMILES string of the molecule is O=C(NCc1ccco1)[C@@H]1Cc2ccccc2N2CCN(c3ccc(F)cc3)C[C@H]12. The number of hydrogen-bond acceptors (Lipinski definition) is 4. The van der Waals surface area contributed by atoms with Crippen LogP contribution in [0.2, 0.25) is 0 Å². The maximum atomic E-state index is 13.4. The molecule has 0 radical (unpaired) electrons.